The monoisotopic (exact) mass is 321 g/mol. The molecule has 2 N–H and O–H groups in total. The van der Waals surface area contributed by atoms with Crippen molar-refractivity contribution in [3.63, 3.8) is 0 Å². The third-order valence-corrected chi connectivity index (χ3v) is 4.38. The second-order valence-corrected chi connectivity index (χ2v) is 6.20. The maximum Gasteiger partial charge on any atom is 0.0458 e. The van der Waals surface area contributed by atoms with Crippen LogP contribution < -0.4 is 5.32 Å². The van der Waals surface area contributed by atoms with Crippen molar-refractivity contribution < 1.29 is 0 Å². The number of nitrogens with one attached hydrogen (secondary N) is 2. The van der Waals surface area contributed by atoms with Crippen molar-refractivity contribution in [2.75, 3.05) is 19.6 Å². The molecule has 0 bridgehead atoms. The number of fused-ring (bicyclic) bond motifs is 1. The van der Waals surface area contributed by atoms with Crippen molar-refractivity contribution >= 4 is 26.8 Å². The summed E-state index contributed by atoms with van der Waals surface area (Å²) in [5, 5.41) is 4.70. The molecule has 1 aromatic carbocycles. The fourth-order valence-corrected chi connectivity index (χ4v) is 3.07. The number of nitrogens with zero attached hydrogens (tertiary/aromatic N) is 1. The maximum atomic E-state index is 3.56. The van der Waals surface area contributed by atoms with Gasteiger partial charge in [-0.25, -0.2) is 0 Å². The lowest BCUT2D eigenvalue weighted by molar-refractivity contribution is 0.138. The molecule has 1 aliphatic heterocycles. The minimum absolute atomic E-state index is 0.706. The van der Waals surface area contributed by atoms with E-state index in [1.165, 1.54) is 29.4 Å². The van der Waals surface area contributed by atoms with Gasteiger partial charge >= 0.3 is 0 Å². The molecule has 102 valence electrons. The molecular formula is C15H20BrN3. The normalized spacial score (nSPS) is 16.2. The summed E-state index contributed by atoms with van der Waals surface area (Å²) < 4.78 is 1.15. The highest BCUT2D eigenvalue weighted by Gasteiger charge is 2.24. The number of hydrogen-bond acceptors (Lipinski definition) is 2. The van der Waals surface area contributed by atoms with E-state index in [1.807, 2.05) is 0 Å². The van der Waals surface area contributed by atoms with Gasteiger partial charge in [0.2, 0.25) is 0 Å². The predicted molar refractivity (Wildman–Crippen MR) is 83.4 cm³/mol. The second kappa shape index (κ2) is 5.65. The molecule has 1 saturated heterocycles. The van der Waals surface area contributed by atoms with Gasteiger partial charge in [0.15, 0.2) is 0 Å². The molecule has 3 nitrogen and oxygen atoms in total. The Morgan fingerprint density at radius 2 is 2.21 bits per heavy atom. The zero-order valence-corrected chi connectivity index (χ0v) is 12.8. The van der Waals surface area contributed by atoms with Crippen LogP contribution in [0, 0.1) is 0 Å². The van der Waals surface area contributed by atoms with E-state index in [9.17, 15) is 0 Å². The summed E-state index contributed by atoms with van der Waals surface area (Å²) in [5.74, 6) is 0. The van der Waals surface area contributed by atoms with Crippen LogP contribution in [0.1, 0.15) is 18.9 Å². The van der Waals surface area contributed by atoms with E-state index in [1.54, 1.807) is 0 Å². The first-order chi connectivity index (χ1) is 9.28. The quantitative estimate of drug-likeness (QED) is 0.886. The molecule has 0 atom stereocenters. The number of aromatic nitrogens is 1. The Kier molecular flexibility index (Phi) is 3.91. The topological polar surface area (TPSA) is 31.1 Å². The summed E-state index contributed by atoms with van der Waals surface area (Å²) in [6.45, 7) is 6.73. The average Bonchev–Trinajstić information content (AvgIpc) is 2.70. The van der Waals surface area contributed by atoms with Gasteiger partial charge in [-0.05, 0) is 36.7 Å². The van der Waals surface area contributed by atoms with Crippen LogP contribution in [0.25, 0.3) is 10.9 Å². The Morgan fingerprint density at radius 1 is 1.37 bits per heavy atom. The minimum Gasteiger partial charge on any atom is -0.361 e. The smallest absolute Gasteiger partial charge is 0.0458 e. The highest BCUT2D eigenvalue weighted by molar-refractivity contribution is 9.10. The van der Waals surface area contributed by atoms with E-state index in [-0.39, 0.29) is 0 Å². The first kappa shape index (κ1) is 13.2. The van der Waals surface area contributed by atoms with Gasteiger partial charge in [0.1, 0.15) is 0 Å². The molecule has 0 radical (unpaired) electrons. The summed E-state index contributed by atoms with van der Waals surface area (Å²) in [6.07, 6.45) is 3.37. The van der Waals surface area contributed by atoms with Gasteiger partial charge in [0.25, 0.3) is 0 Å². The molecule has 19 heavy (non-hydrogen) atoms. The van der Waals surface area contributed by atoms with Crippen LogP contribution in [0.15, 0.2) is 28.9 Å². The minimum atomic E-state index is 0.706. The molecule has 4 heteroatoms. The molecule has 0 unspecified atom stereocenters. The summed E-state index contributed by atoms with van der Waals surface area (Å²) in [5.41, 5.74) is 2.62. The van der Waals surface area contributed by atoms with Crippen molar-refractivity contribution in [3.8, 4) is 0 Å². The molecule has 0 saturated carbocycles. The van der Waals surface area contributed by atoms with Crippen LogP contribution >= 0.6 is 15.9 Å². The predicted octanol–water partition coefficient (Wildman–Crippen LogP) is 3.11. The SMILES string of the molecule is CCCN(Cc1c[nH]c2ccc(Br)cc12)C1CNC1. The Bertz CT molecular complexity index is 560. The van der Waals surface area contributed by atoms with Crippen molar-refractivity contribution in [2.45, 2.75) is 25.9 Å². The molecule has 1 aromatic heterocycles. The van der Waals surface area contributed by atoms with E-state index in [0.29, 0.717) is 6.04 Å². The molecule has 0 aliphatic carbocycles. The average molecular weight is 322 g/mol. The number of aromatic amines is 1. The van der Waals surface area contributed by atoms with Crippen LogP contribution in [0.3, 0.4) is 0 Å². The lowest BCUT2D eigenvalue weighted by Crippen LogP contribution is -2.56. The lowest BCUT2D eigenvalue weighted by Gasteiger charge is -2.38. The fraction of sp³-hybridized carbons (Fsp3) is 0.467. The zero-order chi connectivity index (χ0) is 13.2. The van der Waals surface area contributed by atoms with Crippen LogP contribution in [0.5, 0.6) is 0 Å². The summed E-state index contributed by atoms with van der Waals surface area (Å²) in [4.78, 5) is 5.97. The third-order valence-electron chi connectivity index (χ3n) is 3.89. The van der Waals surface area contributed by atoms with Crippen LogP contribution in [-0.4, -0.2) is 35.6 Å². The van der Waals surface area contributed by atoms with Crippen molar-refractivity contribution in [2.24, 2.45) is 0 Å². The van der Waals surface area contributed by atoms with E-state index in [4.69, 9.17) is 0 Å². The highest BCUT2D eigenvalue weighted by Crippen LogP contribution is 2.24. The molecule has 2 aromatic rings. The summed E-state index contributed by atoms with van der Waals surface area (Å²) in [7, 11) is 0. The molecule has 3 rings (SSSR count). The van der Waals surface area contributed by atoms with Gasteiger partial charge in [-0.2, -0.15) is 0 Å². The number of rotatable bonds is 5. The van der Waals surface area contributed by atoms with Gasteiger partial charge in [-0.15, -0.1) is 0 Å². The number of H-pyrrole nitrogens is 1. The van der Waals surface area contributed by atoms with E-state index >= 15 is 0 Å². The van der Waals surface area contributed by atoms with E-state index in [2.05, 4.69) is 62.5 Å². The summed E-state index contributed by atoms with van der Waals surface area (Å²) >= 11 is 3.56. The first-order valence-corrected chi connectivity index (χ1v) is 7.77. The Balaban J connectivity index is 1.84. The first-order valence-electron chi connectivity index (χ1n) is 6.98. The zero-order valence-electron chi connectivity index (χ0n) is 11.2. The van der Waals surface area contributed by atoms with Gasteiger partial charge < -0.3 is 10.3 Å². The van der Waals surface area contributed by atoms with Gasteiger partial charge in [0, 0.05) is 47.2 Å². The second-order valence-electron chi connectivity index (χ2n) is 5.29. The lowest BCUT2D eigenvalue weighted by atomic mass is 10.1. The molecule has 2 heterocycles. The fourth-order valence-electron chi connectivity index (χ4n) is 2.71. The van der Waals surface area contributed by atoms with E-state index in [0.717, 1.165) is 24.1 Å². The largest absolute Gasteiger partial charge is 0.361 e. The molecule has 0 amide bonds. The van der Waals surface area contributed by atoms with Gasteiger partial charge in [-0.3, -0.25) is 4.90 Å². The van der Waals surface area contributed by atoms with Gasteiger partial charge in [0.05, 0.1) is 0 Å². The van der Waals surface area contributed by atoms with Crippen molar-refractivity contribution in [1.29, 1.82) is 0 Å². The standard InChI is InChI=1S/C15H20BrN3/c1-2-5-19(13-8-17-9-13)10-11-7-18-15-4-3-12(16)6-14(11)15/h3-4,6-7,13,17-18H,2,5,8-10H2,1H3. The van der Waals surface area contributed by atoms with E-state index < -0.39 is 0 Å². The highest BCUT2D eigenvalue weighted by atomic mass is 79.9. The van der Waals surface area contributed by atoms with Gasteiger partial charge in [-0.1, -0.05) is 22.9 Å². The van der Waals surface area contributed by atoms with Crippen LogP contribution in [0.4, 0.5) is 0 Å². The molecule has 1 aliphatic rings. The Hall–Kier alpha value is -0.840. The maximum absolute atomic E-state index is 3.56. The number of hydrogen-bond donors (Lipinski definition) is 2. The molecule has 0 spiro atoms. The Morgan fingerprint density at radius 3 is 2.89 bits per heavy atom. The van der Waals surface area contributed by atoms with Crippen LogP contribution in [0.2, 0.25) is 0 Å². The number of halogens is 1. The van der Waals surface area contributed by atoms with Crippen molar-refractivity contribution in [3.05, 3.63) is 34.4 Å². The van der Waals surface area contributed by atoms with Crippen molar-refractivity contribution in [1.82, 2.24) is 15.2 Å². The molecular weight excluding hydrogens is 302 g/mol. The Labute approximate surface area is 122 Å². The molecule has 1 fully saturated rings. The number of benzene rings is 1. The third kappa shape index (κ3) is 2.71. The summed E-state index contributed by atoms with van der Waals surface area (Å²) in [6, 6.07) is 7.14. The van der Waals surface area contributed by atoms with Crippen LogP contribution in [-0.2, 0) is 6.54 Å².